The molecule has 2 rings (SSSR count). The number of amides is 1. The first kappa shape index (κ1) is 18.6. The zero-order valence-electron chi connectivity index (χ0n) is 15.1. The number of likely N-dealkylation sites (tertiary alicyclic amines) is 1. The van der Waals surface area contributed by atoms with Gasteiger partial charge in [-0.15, -0.1) is 0 Å². The highest BCUT2D eigenvalue weighted by molar-refractivity contribution is 5.78. The molecule has 1 aromatic rings. The van der Waals surface area contributed by atoms with Crippen LogP contribution in [0.3, 0.4) is 0 Å². The molecule has 0 aliphatic carbocycles. The lowest BCUT2D eigenvalue weighted by atomic mass is 9.92. The second-order valence-electron chi connectivity index (χ2n) is 6.74. The first-order valence-corrected chi connectivity index (χ1v) is 8.91. The number of carbonyl (C=O) groups excluding carboxylic acids is 1. The molecule has 0 spiro atoms. The number of piperidine rings is 1. The van der Waals surface area contributed by atoms with Crippen molar-refractivity contribution >= 4 is 5.91 Å². The third-order valence-electron chi connectivity index (χ3n) is 4.14. The quantitative estimate of drug-likeness (QED) is 0.743. The van der Waals surface area contributed by atoms with E-state index in [4.69, 9.17) is 9.47 Å². The molecule has 0 saturated carbocycles. The van der Waals surface area contributed by atoms with E-state index in [1.54, 1.807) is 0 Å². The summed E-state index contributed by atoms with van der Waals surface area (Å²) in [5.74, 6) is 3.04. The van der Waals surface area contributed by atoms with E-state index in [9.17, 15) is 4.79 Å². The molecule has 5 heteroatoms. The summed E-state index contributed by atoms with van der Waals surface area (Å²) >= 11 is 0. The Morgan fingerprint density at radius 2 is 1.71 bits per heavy atom. The maximum absolute atomic E-state index is 12.0. The minimum Gasteiger partial charge on any atom is -0.494 e. The van der Waals surface area contributed by atoms with E-state index in [0.29, 0.717) is 38.1 Å². The Labute approximate surface area is 145 Å². The van der Waals surface area contributed by atoms with Crippen molar-refractivity contribution in [1.82, 2.24) is 10.2 Å². The van der Waals surface area contributed by atoms with Crippen LogP contribution in [0, 0.1) is 11.8 Å². The van der Waals surface area contributed by atoms with Gasteiger partial charge in [0.1, 0.15) is 18.1 Å². The summed E-state index contributed by atoms with van der Waals surface area (Å²) in [6.07, 6.45) is 1.26. The van der Waals surface area contributed by atoms with Crippen LogP contribution in [0.15, 0.2) is 24.3 Å². The molecule has 1 aliphatic heterocycles. The number of nitrogens with zero attached hydrogens (tertiary/aromatic N) is 1. The molecule has 0 bridgehead atoms. The summed E-state index contributed by atoms with van der Waals surface area (Å²) < 4.78 is 11.0. The molecule has 2 atom stereocenters. The van der Waals surface area contributed by atoms with Crippen molar-refractivity contribution < 1.29 is 14.3 Å². The number of rotatable bonds is 8. The molecule has 5 nitrogen and oxygen atoms in total. The molecule has 1 amide bonds. The molecule has 1 aromatic carbocycles. The third kappa shape index (κ3) is 6.40. The summed E-state index contributed by atoms with van der Waals surface area (Å²) in [6.45, 7) is 10.6. The lowest BCUT2D eigenvalue weighted by molar-refractivity contribution is -0.122. The monoisotopic (exact) mass is 334 g/mol. The fourth-order valence-corrected chi connectivity index (χ4v) is 3.34. The Morgan fingerprint density at radius 1 is 1.12 bits per heavy atom. The van der Waals surface area contributed by atoms with Crippen LogP contribution in [-0.4, -0.2) is 50.2 Å². The topological polar surface area (TPSA) is 50.8 Å². The highest BCUT2D eigenvalue weighted by atomic mass is 16.5. The average molecular weight is 334 g/mol. The van der Waals surface area contributed by atoms with E-state index in [-0.39, 0.29) is 5.91 Å². The van der Waals surface area contributed by atoms with E-state index in [2.05, 4.69) is 24.1 Å². The fraction of sp³-hybridized carbons (Fsp3) is 0.632. The van der Waals surface area contributed by atoms with Gasteiger partial charge in [-0.2, -0.15) is 0 Å². The lowest BCUT2D eigenvalue weighted by Gasteiger charge is -2.34. The standard InChI is InChI=1S/C19H30N2O3/c1-4-23-17-5-7-18(8-6-17)24-10-9-20-19(22)14-21-12-15(2)11-16(3)13-21/h5-8,15-16H,4,9-14H2,1-3H3,(H,20,22)/t15-,16+. The molecule has 0 radical (unpaired) electrons. The second kappa shape index (κ2) is 9.52. The van der Waals surface area contributed by atoms with Crippen molar-refractivity contribution in [3.05, 3.63) is 24.3 Å². The first-order chi connectivity index (χ1) is 11.6. The molecular weight excluding hydrogens is 304 g/mol. The minimum atomic E-state index is 0.0755. The molecule has 1 N–H and O–H groups in total. The van der Waals surface area contributed by atoms with Gasteiger partial charge in [-0.05, 0) is 49.4 Å². The van der Waals surface area contributed by atoms with Gasteiger partial charge in [0.15, 0.2) is 0 Å². The molecular formula is C19H30N2O3. The van der Waals surface area contributed by atoms with Crippen molar-refractivity contribution in [2.45, 2.75) is 27.2 Å². The Bertz CT molecular complexity index is 494. The number of carbonyl (C=O) groups is 1. The highest BCUT2D eigenvalue weighted by Crippen LogP contribution is 2.20. The van der Waals surface area contributed by atoms with Gasteiger partial charge >= 0.3 is 0 Å². The summed E-state index contributed by atoms with van der Waals surface area (Å²) in [7, 11) is 0. The smallest absolute Gasteiger partial charge is 0.234 e. The average Bonchev–Trinajstić information content (AvgIpc) is 2.52. The van der Waals surface area contributed by atoms with Crippen LogP contribution in [0.25, 0.3) is 0 Å². The van der Waals surface area contributed by atoms with Gasteiger partial charge in [-0.3, -0.25) is 9.69 Å². The molecule has 1 saturated heterocycles. The number of benzene rings is 1. The van der Waals surface area contributed by atoms with Gasteiger partial charge < -0.3 is 14.8 Å². The minimum absolute atomic E-state index is 0.0755. The Kier molecular flexibility index (Phi) is 7.37. The van der Waals surface area contributed by atoms with Gasteiger partial charge in [0.25, 0.3) is 0 Å². The van der Waals surface area contributed by atoms with Gasteiger partial charge in [0.05, 0.1) is 19.7 Å². The predicted molar refractivity (Wildman–Crippen MR) is 95.5 cm³/mol. The van der Waals surface area contributed by atoms with Crippen LogP contribution in [0.1, 0.15) is 27.2 Å². The van der Waals surface area contributed by atoms with Gasteiger partial charge in [0, 0.05) is 13.1 Å². The number of hydrogen-bond acceptors (Lipinski definition) is 4. The highest BCUT2D eigenvalue weighted by Gasteiger charge is 2.22. The van der Waals surface area contributed by atoms with Crippen LogP contribution in [0.2, 0.25) is 0 Å². The van der Waals surface area contributed by atoms with Gasteiger partial charge in [0.2, 0.25) is 5.91 Å². The largest absolute Gasteiger partial charge is 0.494 e. The Balaban J connectivity index is 1.62. The van der Waals surface area contributed by atoms with Crippen LogP contribution < -0.4 is 14.8 Å². The van der Waals surface area contributed by atoms with Crippen molar-refractivity contribution in [2.24, 2.45) is 11.8 Å². The fourth-order valence-electron chi connectivity index (χ4n) is 3.34. The summed E-state index contributed by atoms with van der Waals surface area (Å²) in [6, 6.07) is 7.53. The maximum atomic E-state index is 12.0. The SMILES string of the molecule is CCOc1ccc(OCCNC(=O)CN2C[C@H](C)C[C@H](C)C2)cc1. The Morgan fingerprint density at radius 3 is 2.29 bits per heavy atom. The Hall–Kier alpha value is -1.75. The number of hydrogen-bond donors (Lipinski definition) is 1. The van der Waals surface area contributed by atoms with Crippen LogP contribution in [0.5, 0.6) is 11.5 Å². The third-order valence-corrected chi connectivity index (χ3v) is 4.14. The van der Waals surface area contributed by atoms with Crippen molar-refractivity contribution in [3.63, 3.8) is 0 Å². The molecule has 0 aromatic heterocycles. The van der Waals surface area contributed by atoms with Gasteiger partial charge in [-0.1, -0.05) is 13.8 Å². The molecule has 1 fully saturated rings. The summed E-state index contributed by atoms with van der Waals surface area (Å²) in [5, 5.41) is 2.93. The van der Waals surface area contributed by atoms with Crippen LogP contribution in [-0.2, 0) is 4.79 Å². The zero-order chi connectivity index (χ0) is 17.4. The molecule has 1 heterocycles. The molecule has 1 aliphatic rings. The molecule has 24 heavy (non-hydrogen) atoms. The number of nitrogens with one attached hydrogen (secondary N) is 1. The molecule has 0 unspecified atom stereocenters. The normalized spacial score (nSPS) is 21.3. The van der Waals surface area contributed by atoms with Crippen molar-refractivity contribution in [3.8, 4) is 11.5 Å². The predicted octanol–water partition coefficient (Wildman–Crippen LogP) is 2.56. The molecule has 134 valence electrons. The van der Waals surface area contributed by atoms with Crippen molar-refractivity contribution in [1.29, 1.82) is 0 Å². The van der Waals surface area contributed by atoms with E-state index < -0.39 is 0 Å². The maximum Gasteiger partial charge on any atom is 0.234 e. The van der Waals surface area contributed by atoms with Crippen LogP contribution >= 0.6 is 0 Å². The van der Waals surface area contributed by atoms with Crippen LogP contribution in [0.4, 0.5) is 0 Å². The van der Waals surface area contributed by atoms with E-state index in [0.717, 1.165) is 24.6 Å². The van der Waals surface area contributed by atoms with E-state index >= 15 is 0 Å². The van der Waals surface area contributed by atoms with Gasteiger partial charge in [-0.25, -0.2) is 0 Å². The zero-order valence-corrected chi connectivity index (χ0v) is 15.1. The van der Waals surface area contributed by atoms with Crippen molar-refractivity contribution in [2.75, 3.05) is 39.4 Å². The summed E-state index contributed by atoms with van der Waals surface area (Å²) in [5.41, 5.74) is 0. The summed E-state index contributed by atoms with van der Waals surface area (Å²) in [4.78, 5) is 14.3. The number of ether oxygens (including phenoxy) is 2. The van der Waals surface area contributed by atoms with E-state index in [1.807, 2.05) is 31.2 Å². The van der Waals surface area contributed by atoms with E-state index in [1.165, 1.54) is 6.42 Å². The second-order valence-corrected chi connectivity index (χ2v) is 6.74. The first-order valence-electron chi connectivity index (χ1n) is 8.91. The lowest BCUT2D eigenvalue weighted by Crippen LogP contribution is -2.45.